The molecule has 0 radical (unpaired) electrons. The van der Waals surface area contributed by atoms with E-state index in [0.717, 1.165) is 0 Å². The van der Waals surface area contributed by atoms with Gasteiger partial charge in [-0.2, -0.15) is 0 Å². The molecule has 9 heavy (non-hydrogen) atoms. The van der Waals surface area contributed by atoms with Gasteiger partial charge in [0, 0.05) is 10.8 Å². The summed E-state index contributed by atoms with van der Waals surface area (Å²) in [4.78, 5) is 10.2. The molecule has 0 saturated carbocycles. The smallest absolute Gasteiger partial charge is 0.338 e. The van der Waals surface area contributed by atoms with Crippen LogP contribution in [0.2, 0.25) is 0 Å². The lowest BCUT2D eigenvalue weighted by Gasteiger charge is -1.86. The molecular formula is C5H5NO2S. The quantitative estimate of drug-likeness (QED) is 0.617. The fourth-order valence-electron chi connectivity index (χ4n) is 0.481. The van der Waals surface area contributed by atoms with Crippen molar-refractivity contribution in [2.75, 3.05) is 5.73 Å². The molecule has 1 heterocycles. The van der Waals surface area contributed by atoms with E-state index in [0.29, 0.717) is 5.69 Å². The first-order chi connectivity index (χ1) is 4.22. The van der Waals surface area contributed by atoms with Crippen molar-refractivity contribution in [3.63, 3.8) is 0 Å². The molecule has 1 aromatic rings. The van der Waals surface area contributed by atoms with Crippen LogP contribution < -0.4 is 5.73 Å². The summed E-state index contributed by atoms with van der Waals surface area (Å²) in [6, 6.07) is 0. The molecule has 0 aliphatic carbocycles. The standard InChI is InChI=1S/C5H5NO2S/c6-4-2-9-1-3(4)5(7)8/h1-2H,6H2,(H,7,8). The number of carbonyl (C=O) groups is 1. The maximum absolute atomic E-state index is 10.2. The van der Waals surface area contributed by atoms with E-state index in [1.54, 1.807) is 5.38 Å². The third-order valence-electron chi connectivity index (χ3n) is 0.922. The number of nitrogen functional groups attached to an aromatic ring is 1. The Labute approximate surface area is 55.7 Å². The molecule has 0 amide bonds. The van der Waals surface area contributed by atoms with E-state index in [1.807, 2.05) is 0 Å². The van der Waals surface area contributed by atoms with Crippen molar-refractivity contribution in [2.24, 2.45) is 0 Å². The molecule has 0 saturated heterocycles. The van der Waals surface area contributed by atoms with Crippen molar-refractivity contribution < 1.29 is 9.90 Å². The van der Waals surface area contributed by atoms with Crippen molar-refractivity contribution in [1.29, 1.82) is 0 Å². The van der Waals surface area contributed by atoms with Gasteiger partial charge in [-0.3, -0.25) is 0 Å². The molecule has 1 aromatic heterocycles. The number of hydrogen-bond acceptors (Lipinski definition) is 3. The number of hydrogen-bond donors (Lipinski definition) is 2. The molecule has 0 unspecified atom stereocenters. The molecule has 1 rings (SSSR count). The van der Waals surface area contributed by atoms with Crippen molar-refractivity contribution in [3.05, 3.63) is 16.3 Å². The van der Waals surface area contributed by atoms with Crippen LogP contribution in [0.25, 0.3) is 0 Å². The van der Waals surface area contributed by atoms with Gasteiger partial charge in [-0.25, -0.2) is 4.79 Å². The van der Waals surface area contributed by atoms with Crippen LogP contribution >= 0.6 is 11.3 Å². The topological polar surface area (TPSA) is 63.3 Å². The zero-order valence-electron chi connectivity index (χ0n) is 4.50. The highest BCUT2D eigenvalue weighted by molar-refractivity contribution is 7.08. The van der Waals surface area contributed by atoms with Gasteiger partial charge in [0.2, 0.25) is 0 Å². The van der Waals surface area contributed by atoms with Gasteiger partial charge in [0.15, 0.2) is 0 Å². The van der Waals surface area contributed by atoms with Crippen LogP contribution in [-0.2, 0) is 0 Å². The lowest BCUT2D eigenvalue weighted by atomic mass is 10.3. The highest BCUT2D eigenvalue weighted by Gasteiger charge is 2.06. The van der Waals surface area contributed by atoms with E-state index in [-0.39, 0.29) is 5.56 Å². The second-order valence-corrected chi connectivity index (χ2v) is 2.29. The van der Waals surface area contributed by atoms with Crippen LogP contribution in [0.1, 0.15) is 10.4 Å². The Bertz CT molecular complexity index is 231. The predicted molar refractivity (Wildman–Crippen MR) is 35.7 cm³/mol. The average Bonchev–Trinajstić information content (AvgIpc) is 2.13. The summed E-state index contributed by atoms with van der Waals surface area (Å²) in [5.41, 5.74) is 5.81. The minimum atomic E-state index is -0.964. The fourth-order valence-corrected chi connectivity index (χ4v) is 1.20. The largest absolute Gasteiger partial charge is 0.478 e. The summed E-state index contributed by atoms with van der Waals surface area (Å²) in [6.45, 7) is 0. The predicted octanol–water partition coefficient (Wildman–Crippen LogP) is 1.03. The number of rotatable bonds is 1. The Balaban J connectivity index is 3.08. The maximum atomic E-state index is 10.2. The number of carboxylic acid groups (broad SMARTS) is 1. The Morgan fingerprint density at radius 2 is 2.33 bits per heavy atom. The Morgan fingerprint density at radius 3 is 2.56 bits per heavy atom. The lowest BCUT2D eigenvalue weighted by Crippen LogP contribution is -1.97. The summed E-state index contributed by atoms with van der Waals surface area (Å²) in [6.07, 6.45) is 0. The molecule has 0 fully saturated rings. The first kappa shape index (κ1) is 6.10. The maximum Gasteiger partial charge on any atom is 0.338 e. The molecule has 3 N–H and O–H groups in total. The van der Waals surface area contributed by atoms with Crippen LogP contribution in [0.15, 0.2) is 10.8 Å². The number of nitrogens with two attached hydrogens (primary N) is 1. The van der Waals surface area contributed by atoms with Gasteiger partial charge in [0.1, 0.15) is 0 Å². The lowest BCUT2D eigenvalue weighted by molar-refractivity contribution is 0.0698. The number of anilines is 1. The van der Waals surface area contributed by atoms with E-state index in [1.165, 1.54) is 16.7 Å². The zero-order chi connectivity index (χ0) is 6.85. The minimum Gasteiger partial charge on any atom is -0.478 e. The van der Waals surface area contributed by atoms with Crippen LogP contribution in [0.5, 0.6) is 0 Å². The van der Waals surface area contributed by atoms with Crippen LogP contribution in [0, 0.1) is 0 Å². The third-order valence-corrected chi connectivity index (χ3v) is 1.68. The molecule has 48 valence electrons. The average molecular weight is 143 g/mol. The molecule has 3 nitrogen and oxygen atoms in total. The molecule has 0 aliphatic heterocycles. The Morgan fingerprint density at radius 1 is 1.67 bits per heavy atom. The third kappa shape index (κ3) is 1.02. The monoisotopic (exact) mass is 143 g/mol. The number of aromatic carboxylic acids is 1. The van der Waals surface area contributed by atoms with E-state index in [9.17, 15) is 4.79 Å². The minimum absolute atomic E-state index is 0.194. The fraction of sp³-hybridized carbons (Fsp3) is 0. The van der Waals surface area contributed by atoms with Gasteiger partial charge < -0.3 is 10.8 Å². The zero-order valence-corrected chi connectivity index (χ0v) is 5.31. The number of thiophene rings is 1. The van der Waals surface area contributed by atoms with Crippen molar-refractivity contribution in [1.82, 2.24) is 0 Å². The molecule has 0 atom stereocenters. The molecule has 0 spiro atoms. The number of carboxylic acids is 1. The van der Waals surface area contributed by atoms with Crippen molar-refractivity contribution >= 4 is 23.0 Å². The second-order valence-electron chi connectivity index (χ2n) is 1.55. The Hall–Kier alpha value is -1.03. The van der Waals surface area contributed by atoms with Gasteiger partial charge in [-0.1, -0.05) is 0 Å². The van der Waals surface area contributed by atoms with Crippen LogP contribution in [0.4, 0.5) is 5.69 Å². The van der Waals surface area contributed by atoms with Gasteiger partial charge in [0.05, 0.1) is 11.3 Å². The van der Waals surface area contributed by atoms with E-state index < -0.39 is 5.97 Å². The van der Waals surface area contributed by atoms with Gasteiger partial charge in [-0.05, 0) is 0 Å². The van der Waals surface area contributed by atoms with Gasteiger partial charge in [-0.15, -0.1) is 11.3 Å². The van der Waals surface area contributed by atoms with Crippen molar-refractivity contribution in [2.45, 2.75) is 0 Å². The van der Waals surface area contributed by atoms with Gasteiger partial charge >= 0.3 is 5.97 Å². The summed E-state index contributed by atoms with van der Waals surface area (Å²) >= 11 is 1.29. The van der Waals surface area contributed by atoms with Crippen LogP contribution in [-0.4, -0.2) is 11.1 Å². The molecule has 4 heteroatoms. The Kier molecular flexibility index (Phi) is 1.40. The molecule has 0 bridgehead atoms. The normalized spacial score (nSPS) is 9.33. The van der Waals surface area contributed by atoms with Gasteiger partial charge in [0.25, 0.3) is 0 Å². The first-order valence-corrected chi connectivity index (χ1v) is 3.21. The highest BCUT2D eigenvalue weighted by Crippen LogP contribution is 2.15. The summed E-state index contributed by atoms with van der Waals surface area (Å²) in [7, 11) is 0. The molecular weight excluding hydrogens is 138 g/mol. The second kappa shape index (κ2) is 2.06. The molecule has 0 aliphatic rings. The molecule has 0 aromatic carbocycles. The highest BCUT2D eigenvalue weighted by atomic mass is 32.1. The SMILES string of the molecule is Nc1cscc1C(=O)O. The summed E-state index contributed by atoms with van der Waals surface area (Å²) < 4.78 is 0. The summed E-state index contributed by atoms with van der Waals surface area (Å²) in [5.74, 6) is -0.964. The first-order valence-electron chi connectivity index (χ1n) is 2.27. The van der Waals surface area contributed by atoms with E-state index >= 15 is 0 Å². The van der Waals surface area contributed by atoms with E-state index in [2.05, 4.69) is 0 Å². The van der Waals surface area contributed by atoms with E-state index in [4.69, 9.17) is 10.8 Å². The summed E-state index contributed by atoms with van der Waals surface area (Å²) in [5, 5.41) is 11.5. The van der Waals surface area contributed by atoms with Crippen LogP contribution in [0.3, 0.4) is 0 Å². The van der Waals surface area contributed by atoms with Crippen molar-refractivity contribution in [3.8, 4) is 0 Å².